The number of hydrogen-bond acceptors (Lipinski definition) is 5. The number of nitrogens with one attached hydrogen (secondary N) is 1. The first-order valence-electron chi connectivity index (χ1n) is 7.99. The third-order valence-electron chi connectivity index (χ3n) is 4.15. The van der Waals surface area contributed by atoms with E-state index in [1.54, 1.807) is 6.33 Å². The molecule has 0 spiro atoms. The van der Waals surface area contributed by atoms with Crippen LogP contribution in [0.5, 0.6) is 0 Å². The van der Waals surface area contributed by atoms with Crippen LogP contribution in [-0.2, 0) is 6.54 Å². The maximum atomic E-state index is 8.87. The molecular weight excluding hydrogens is 286 g/mol. The summed E-state index contributed by atoms with van der Waals surface area (Å²) in [7, 11) is 0. The molecule has 2 aromatic rings. The number of rotatable bonds is 4. The molecular formula is C18H21N5. The third kappa shape index (κ3) is 4.27. The average molecular weight is 307 g/mol. The summed E-state index contributed by atoms with van der Waals surface area (Å²) in [6.45, 7) is 5.02. The van der Waals surface area contributed by atoms with Crippen LogP contribution in [0.25, 0.3) is 0 Å². The van der Waals surface area contributed by atoms with Gasteiger partial charge in [0.25, 0.3) is 0 Å². The zero-order valence-corrected chi connectivity index (χ0v) is 13.4. The molecule has 2 heterocycles. The van der Waals surface area contributed by atoms with Crippen LogP contribution in [-0.4, -0.2) is 34.0 Å². The van der Waals surface area contributed by atoms with Crippen molar-refractivity contribution in [2.45, 2.75) is 32.4 Å². The largest absolute Gasteiger partial charge is 0.366 e. The van der Waals surface area contributed by atoms with Crippen LogP contribution >= 0.6 is 0 Å². The van der Waals surface area contributed by atoms with Crippen molar-refractivity contribution in [3.05, 3.63) is 53.5 Å². The Bertz CT molecular complexity index is 689. The summed E-state index contributed by atoms with van der Waals surface area (Å²) in [5.74, 6) is 0.905. The van der Waals surface area contributed by atoms with Gasteiger partial charge in [0, 0.05) is 30.9 Å². The van der Waals surface area contributed by atoms with Gasteiger partial charge in [-0.05, 0) is 44.0 Å². The fourth-order valence-electron chi connectivity index (χ4n) is 3.00. The monoisotopic (exact) mass is 307 g/mol. The minimum Gasteiger partial charge on any atom is -0.366 e. The lowest BCUT2D eigenvalue weighted by atomic mass is 10.0. The smallest absolute Gasteiger partial charge is 0.129 e. The number of likely N-dealkylation sites (tertiary alicyclic amines) is 1. The highest BCUT2D eigenvalue weighted by Crippen LogP contribution is 2.17. The first kappa shape index (κ1) is 15.4. The quantitative estimate of drug-likeness (QED) is 0.941. The lowest BCUT2D eigenvalue weighted by Gasteiger charge is -2.33. The van der Waals surface area contributed by atoms with E-state index in [4.69, 9.17) is 5.26 Å². The summed E-state index contributed by atoms with van der Waals surface area (Å²) in [6.07, 6.45) is 3.94. The number of benzene rings is 1. The van der Waals surface area contributed by atoms with Gasteiger partial charge in [-0.25, -0.2) is 9.97 Å². The molecule has 118 valence electrons. The lowest BCUT2D eigenvalue weighted by molar-refractivity contribution is 0.208. The molecule has 0 bridgehead atoms. The Balaban J connectivity index is 1.58. The van der Waals surface area contributed by atoms with Gasteiger partial charge in [0.2, 0.25) is 0 Å². The Labute approximate surface area is 137 Å². The summed E-state index contributed by atoms with van der Waals surface area (Å²) in [5, 5.41) is 12.4. The van der Waals surface area contributed by atoms with Gasteiger partial charge in [-0.1, -0.05) is 12.1 Å². The van der Waals surface area contributed by atoms with E-state index in [9.17, 15) is 0 Å². The van der Waals surface area contributed by atoms with Crippen molar-refractivity contribution < 1.29 is 0 Å². The van der Waals surface area contributed by atoms with Gasteiger partial charge in [0.05, 0.1) is 11.6 Å². The molecule has 1 fully saturated rings. The zero-order valence-electron chi connectivity index (χ0n) is 13.4. The number of nitrogens with zero attached hydrogens (tertiary/aromatic N) is 4. The van der Waals surface area contributed by atoms with Crippen LogP contribution in [0.3, 0.4) is 0 Å². The van der Waals surface area contributed by atoms with Crippen LogP contribution in [0, 0.1) is 18.3 Å². The second kappa shape index (κ2) is 7.21. The second-order valence-corrected chi connectivity index (χ2v) is 6.07. The number of aromatic nitrogens is 2. The lowest BCUT2D eigenvalue weighted by Crippen LogP contribution is -2.41. The molecule has 0 saturated carbocycles. The number of aryl methyl sites for hydroxylation is 1. The van der Waals surface area contributed by atoms with Gasteiger partial charge >= 0.3 is 0 Å². The van der Waals surface area contributed by atoms with E-state index in [0.29, 0.717) is 11.6 Å². The van der Waals surface area contributed by atoms with Crippen molar-refractivity contribution in [3.8, 4) is 6.07 Å². The molecule has 1 aliphatic heterocycles. The third-order valence-corrected chi connectivity index (χ3v) is 4.15. The fourth-order valence-corrected chi connectivity index (χ4v) is 3.00. The van der Waals surface area contributed by atoms with Crippen molar-refractivity contribution in [2.24, 2.45) is 0 Å². The molecule has 5 nitrogen and oxygen atoms in total. The number of piperidine rings is 1. The van der Waals surface area contributed by atoms with E-state index in [1.807, 2.05) is 37.3 Å². The van der Waals surface area contributed by atoms with Crippen molar-refractivity contribution in [2.75, 3.05) is 18.4 Å². The van der Waals surface area contributed by atoms with Crippen LogP contribution in [0.15, 0.2) is 36.7 Å². The first-order chi connectivity index (χ1) is 11.2. The van der Waals surface area contributed by atoms with Crippen molar-refractivity contribution in [3.63, 3.8) is 0 Å². The molecule has 1 atom stereocenters. The molecule has 0 aliphatic carbocycles. The van der Waals surface area contributed by atoms with Gasteiger partial charge in [-0.3, -0.25) is 4.90 Å². The predicted molar refractivity (Wildman–Crippen MR) is 89.8 cm³/mol. The number of hydrogen-bond donors (Lipinski definition) is 1. The molecule has 1 unspecified atom stereocenters. The average Bonchev–Trinajstić information content (AvgIpc) is 2.56. The highest BCUT2D eigenvalue weighted by atomic mass is 15.2. The summed E-state index contributed by atoms with van der Waals surface area (Å²) in [6, 6.07) is 12.4. The van der Waals surface area contributed by atoms with Gasteiger partial charge in [-0.2, -0.15) is 5.26 Å². The number of nitriles is 1. The maximum absolute atomic E-state index is 8.87. The molecule has 5 heteroatoms. The van der Waals surface area contributed by atoms with Crippen molar-refractivity contribution >= 4 is 5.82 Å². The van der Waals surface area contributed by atoms with Crippen molar-refractivity contribution in [1.82, 2.24) is 14.9 Å². The SMILES string of the molecule is Cc1cc(NC2CCCN(Cc3ccc(C#N)cc3)C2)ncn1. The molecule has 3 rings (SSSR count). The molecule has 0 amide bonds. The Morgan fingerprint density at radius 2 is 2.13 bits per heavy atom. The zero-order chi connectivity index (χ0) is 16.1. The van der Waals surface area contributed by atoms with Gasteiger partial charge < -0.3 is 5.32 Å². The Kier molecular flexibility index (Phi) is 4.84. The van der Waals surface area contributed by atoms with E-state index < -0.39 is 0 Å². The van der Waals surface area contributed by atoms with E-state index in [2.05, 4.69) is 26.3 Å². The van der Waals surface area contributed by atoms with Crippen LogP contribution < -0.4 is 5.32 Å². The molecule has 1 aromatic heterocycles. The summed E-state index contributed by atoms with van der Waals surface area (Å²) in [4.78, 5) is 10.9. The predicted octanol–water partition coefficient (Wildman–Crippen LogP) is 2.73. The maximum Gasteiger partial charge on any atom is 0.129 e. The van der Waals surface area contributed by atoms with Gasteiger partial charge in [-0.15, -0.1) is 0 Å². The first-order valence-corrected chi connectivity index (χ1v) is 7.99. The van der Waals surface area contributed by atoms with E-state index in [0.717, 1.165) is 37.6 Å². The standard InChI is InChI=1S/C18H21N5/c1-14-9-18(21-13-20-14)22-17-3-2-8-23(12-17)11-16-6-4-15(10-19)5-7-16/h4-7,9,13,17H,2-3,8,11-12H2,1H3,(H,20,21,22). The van der Waals surface area contributed by atoms with E-state index in [1.165, 1.54) is 12.0 Å². The minimum absolute atomic E-state index is 0.413. The van der Waals surface area contributed by atoms with E-state index in [-0.39, 0.29) is 0 Å². The van der Waals surface area contributed by atoms with Crippen molar-refractivity contribution in [1.29, 1.82) is 5.26 Å². The highest BCUT2D eigenvalue weighted by molar-refractivity contribution is 5.36. The number of anilines is 1. The highest BCUT2D eigenvalue weighted by Gasteiger charge is 2.20. The molecule has 1 N–H and O–H groups in total. The molecule has 1 aromatic carbocycles. The Hall–Kier alpha value is -2.45. The normalized spacial score (nSPS) is 18.3. The van der Waals surface area contributed by atoms with Gasteiger partial charge in [0.1, 0.15) is 12.1 Å². The van der Waals surface area contributed by atoms with Crippen LogP contribution in [0.2, 0.25) is 0 Å². The molecule has 23 heavy (non-hydrogen) atoms. The Morgan fingerprint density at radius 1 is 1.30 bits per heavy atom. The molecule has 0 radical (unpaired) electrons. The minimum atomic E-state index is 0.413. The second-order valence-electron chi connectivity index (χ2n) is 6.07. The van der Waals surface area contributed by atoms with Gasteiger partial charge in [0.15, 0.2) is 0 Å². The fraction of sp³-hybridized carbons (Fsp3) is 0.389. The summed E-state index contributed by atoms with van der Waals surface area (Å²) in [5.41, 5.74) is 2.95. The summed E-state index contributed by atoms with van der Waals surface area (Å²) < 4.78 is 0. The summed E-state index contributed by atoms with van der Waals surface area (Å²) >= 11 is 0. The topological polar surface area (TPSA) is 64.8 Å². The molecule has 1 saturated heterocycles. The molecule has 1 aliphatic rings. The van der Waals surface area contributed by atoms with Crippen LogP contribution in [0.1, 0.15) is 29.7 Å². The Morgan fingerprint density at radius 3 is 2.87 bits per heavy atom. The van der Waals surface area contributed by atoms with Crippen LogP contribution in [0.4, 0.5) is 5.82 Å². The van der Waals surface area contributed by atoms with E-state index >= 15 is 0 Å².